The van der Waals surface area contributed by atoms with Crippen LogP contribution in [0.4, 0.5) is 5.82 Å². The highest BCUT2D eigenvalue weighted by molar-refractivity contribution is 5.91. The number of fused-ring (bicyclic) bond motifs is 3. The first-order valence-corrected chi connectivity index (χ1v) is 10.2. The lowest BCUT2D eigenvalue weighted by molar-refractivity contribution is 0.118. The van der Waals surface area contributed by atoms with Crippen LogP contribution in [0.1, 0.15) is 63.5 Å². The fourth-order valence-electron chi connectivity index (χ4n) is 5.26. The third kappa shape index (κ3) is 2.76. The highest BCUT2D eigenvalue weighted by atomic mass is 15.3. The van der Waals surface area contributed by atoms with Crippen molar-refractivity contribution in [2.45, 2.75) is 70.8 Å². The van der Waals surface area contributed by atoms with Crippen LogP contribution in [0.5, 0.6) is 0 Å². The molecule has 0 amide bonds. The molecule has 0 bridgehead atoms. The Bertz CT molecular complexity index is 926. The second-order valence-electron chi connectivity index (χ2n) is 8.51. The first kappa shape index (κ1) is 16.1. The Hall–Kier alpha value is -2.10. The average molecular weight is 348 g/mol. The lowest BCUT2D eigenvalue weighted by Gasteiger charge is -2.43. The summed E-state index contributed by atoms with van der Waals surface area (Å²) in [6.45, 7) is 2.03. The first-order chi connectivity index (χ1) is 12.7. The van der Waals surface area contributed by atoms with E-state index in [4.69, 9.17) is 4.98 Å². The van der Waals surface area contributed by atoms with Gasteiger partial charge < -0.3 is 5.32 Å². The minimum Gasteiger partial charge on any atom is -0.367 e. The summed E-state index contributed by atoms with van der Waals surface area (Å²) in [4.78, 5) is 4.91. The predicted octanol–water partition coefficient (Wildman–Crippen LogP) is 5.50. The molecule has 0 aliphatic heterocycles. The molecule has 2 heterocycles. The molecule has 1 spiro atoms. The third-order valence-electron chi connectivity index (χ3n) is 6.73. The summed E-state index contributed by atoms with van der Waals surface area (Å²) in [7, 11) is 0. The van der Waals surface area contributed by atoms with E-state index >= 15 is 0 Å². The molecule has 4 nitrogen and oxygen atoms in total. The molecule has 0 atom stereocenters. The molecular weight excluding hydrogens is 320 g/mol. The number of aromatic nitrogens is 3. The van der Waals surface area contributed by atoms with E-state index in [-0.39, 0.29) is 0 Å². The topological polar surface area (TPSA) is 42.2 Å². The Morgan fingerprint density at radius 2 is 1.81 bits per heavy atom. The number of hydrogen-bond acceptors (Lipinski definition) is 3. The van der Waals surface area contributed by atoms with Gasteiger partial charge in [0.05, 0.1) is 11.2 Å². The number of para-hydroxylation sites is 1. The van der Waals surface area contributed by atoms with Gasteiger partial charge in [-0.05, 0) is 63.0 Å². The van der Waals surface area contributed by atoms with E-state index < -0.39 is 0 Å². The van der Waals surface area contributed by atoms with Crippen LogP contribution in [-0.4, -0.2) is 20.6 Å². The van der Waals surface area contributed by atoms with Gasteiger partial charge in [0, 0.05) is 17.5 Å². The number of anilines is 1. The van der Waals surface area contributed by atoms with Crippen molar-refractivity contribution >= 4 is 22.4 Å². The van der Waals surface area contributed by atoms with E-state index in [0.29, 0.717) is 11.5 Å². The second-order valence-corrected chi connectivity index (χ2v) is 8.51. The minimum absolute atomic E-state index is 0.546. The zero-order valence-corrected chi connectivity index (χ0v) is 15.7. The smallest absolute Gasteiger partial charge is 0.158 e. The monoisotopic (exact) mass is 348 g/mol. The zero-order valence-electron chi connectivity index (χ0n) is 15.7. The average Bonchev–Trinajstić information content (AvgIpc) is 3.05. The largest absolute Gasteiger partial charge is 0.367 e. The Labute approximate surface area is 155 Å². The molecule has 1 aromatic carbocycles. The van der Waals surface area contributed by atoms with E-state index in [1.165, 1.54) is 63.2 Å². The molecule has 1 N–H and O–H groups in total. The van der Waals surface area contributed by atoms with Crippen LogP contribution in [0.3, 0.4) is 0 Å². The maximum atomic E-state index is 4.91. The van der Waals surface area contributed by atoms with Crippen molar-refractivity contribution in [2.24, 2.45) is 5.41 Å². The molecule has 2 saturated carbocycles. The normalized spacial score (nSPS) is 20.8. The number of nitrogens with one attached hydrogen (secondary N) is 1. The number of nitrogens with zero attached hydrogens (tertiary/aromatic N) is 3. The van der Waals surface area contributed by atoms with Gasteiger partial charge in [-0.2, -0.15) is 5.10 Å². The van der Waals surface area contributed by atoms with Crippen molar-refractivity contribution in [2.75, 3.05) is 5.32 Å². The molecule has 4 heteroatoms. The van der Waals surface area contributed by atoms with Gasteiger partial charge in [-0.1, -0.05) is 31.4 Å². The Balaban J connectivity index is 1.42. The fraction of sp³-hybridized carbons (Fsp3) is 0.545. The molecule has 2 aliphatic carbocycles. The van der Waals surface area contributed by atoms with E-state index in [1.54, 1.807) is 0 Å². The summed E-state index contributed by atoms with van der Waals surface area (Å²) < 4.78 is 1.97. The number of aryl methyl sites for hydroxylation is 1. The van der Waals surface area contributed by atoms with Gasteiger partial charge in [0.2, 0.25) is 0 Å². The molecule has 2 fully saturated rings. The summed E-state index contributed by atoms with van der Waals surface area (Å²) in [6.07, 6.45) is 12.6. The molecular formula is C22H28N4. The molecule has 0 saturated heterocycles. The highest BCUT2D eigenvalue weighted by Gasteiger charge is 2.36. The fourth-order valence-corrected chi connectivity index (χ4v) is 5.26. The maximum absolute atomic E-state index is 4.91. The minimum atomic E-state index is 0.546. The summed E-state index contributed by atoms with van der Waals surface area (Å²) in [5.41, 5.74) is 3.74. The second kappa shape index (κ2) is 6.26. The van der Waals surface area contributed by atoms with Gasteiger partial charge in [0.1, 0.15) is 5.82 Å². The highest BCUT2D eigenvalue weighted by Crippen LogP contribution is 2.47. The van der Waals surface area contributed by atoms with Crippen molar-refractivity contribution in [3.05, 3.63) is 36.0 Å². The van der Waals surface area contributed by atoms with Crippen molar-refractivity contribution in [1.82, 2.24) is 14.6 Å². The number of hydrogen-bond donors (Lipinski definition) is 1. The van der Waals surface area contributed by atoms with E-state index in [0.717, 1.165) is 22.7 Å². The van der Waals surface area contributed by atoms with Crippen molar-refractivity contribution in [3.63, 3.8) is 0 Å². The molecule has 2 aliphatic rings. The van der Waals surface area contributed by atoms with Crippen LogP contribution in [-0.2, 0) is 0 Å². The van der Waals surface area contributed by atoms with Gasteiger partial charge in [-0.3, -0.25) is 0 Å². The third-order valence-corrected chi connectivity index (χ3v) is 6.73. The van der Waals surface area contributed by atoms with Crippen LogP contribution >= 0.6 is 0 Å². The Morgan fingerprint density at radius 3 is 2.62 bits per heavy atom. The summed E-state index contributed by atoms with van der Waals surface area (Å²) in [5, 5.41) is 9.58. The Morgan fingerprint density at radius 1 is 1.04 bits per heavy atom. The van der Waals surface area contributed by atoms with Crippen LogP contribution in [0, 0.1) is 12.3 Å². The molecule has 3 aromatic rings. The lowest BCUT2D eigenvalue weighted by atomic mass is 9.64. The van der Waals surface area contributed by atoms with E-state index in [1.807, 2.05) is 11.4 Å². The van der Waals surface area contributed by atoms with Crippen LogP contribution in [0.2, 0.25) is 0 Å². The molecule has 136 valence electrons. The summed E-state index contributed by atoms with van der Waals surface area (Å²) >= 11 is 0. The van der Waals surface area contributed by atoms with Gasteiger partial charge >= 0.3 is 0 Å². The number of benzene rings is 1. The molecule has 0 radical (unpaired) electrons. The quantitative estimate of drug-likeness (QED) is 0.665. The standard InChI is InChI=1S/C22H28N4/c1-16-15-20-24-21(18-7-3-4-8-19(18)26(20)25-16)23-17-9-13-22(14-10-17)11-5-2-6-12-22/h3-4,7-8,15,17H,2,5-6,9-14H2,1H3,(H,23,24). The summed E-state index contributed by atoms with van der Waals surface area (Å²) in [6, 6.07) is 11.1. The molecule has 0 unspecified atom stereocenters. The molecule has 5 rings (SSSR count). The first-order valence-electron chi connectivity index (χ1n) is 10.2. The van der Waals surface area contributed by atoms with Gasteiger partial charge in [-0.15, -0.1) is 0 Å². The van der Waals surface area contributed by atoms with Crippen LogP contribution in [0.25, 0.3) is 16.6 Å². The van der Waals surface area contributed by atoms with Gasteiger partial charge in [0.15, 0.2) is 5.65 Å². The van der Waals surface area contributed by atoms with Crippen molar-refractivity contribution in [3.8, 4) is 0 Å². The van der Waals surface area contributed by atoms with Crippen LogP contribution < -0.4 is 5.32 Å². The van der Waals surface area contributed by atoms with Crippen molar-refractivity contribution in [1.29, 1.82) is 0 Å². The summed E-state index contributed by atoms with van der Waals surface area (Å²) in [5.74, 6) is 1.03. The molecule has 26 heavy (non-hydrogen) atoms. The number of rotatable bonds is 2. The van der Waals surface area contributed by atoms with E-state index in [2.05, 4.69) is 40.7 Å². The van der Waals surface area contributed by atoms with Crippen molar-refractivity contribution < 1.29 is 0 Å². The predicted molar refractivity (Wildman–Crippen MR) is 107 cm³/mol. The van der Waals surface area contributed by atoms with Gasteiger partial charge in [-0.25, -0.2) is 9.50 Å². The van der Waals surface area contributed by atoms with E-state index in [9.17, 15) is 0 Å². The Kier molecular flexibility index (Phi) is 3.87. The van der Waals surface area contributed by atoms with Gasteiger partial charge in [0.25, 0.3) is 0 Å². The maximum Gasteiger partial charge on any atom is 0.158 e. The van der Waals surface area contributed by atoms with Crippen LogP contribution in [0.15, 0.2) is 30.3 Å². The lowest BCUT2D eigenvalue weighted by Crippen LogP contribution is -2.35. The zero-order chi connectivity index (χ0) is 17.6. The molecule has 2 aromatic heterocycles. The SMILES string of the molecule is Cc1cc2nc(NC3CCC4(CCCCC4)CC3)c3ccccc3n2n1.